The zero-order chi connectivity index (χ0) is 22.9. The molecule has 0 fully saturated rings. The van der Waals surface area contributed by atoms with Crippen LogP contribution in [0.15, 0.2) is 24.3 Å². The minimum Gasteiger partial charge on any atom is -0.832 e. The third kappa shape index (κ3) is 33.0. The second kappa shape index (κ2) is 19.7. The van der Waals surface area contributed by atoms with Crippen molar-refractivity contribution in [1.82, 2.24) is 0 Å². The van der Waals surface area contributed by atoms with Gasteiger partial charge in [0.2, 0.25) is 0 Å². The maximum atomic E-state index is 10.3. The van der Waals surface area contributed by atoms with Crippen LogP contribution in [0, 0.1) is 0 Å². The summed E-state index contributed by atoms with van der Waals surface area (Å²) in [5, 5.41) is 70.9. The van der Waals surface area contributed by atoms with Gasteiger partial charge in [-0.25, -0.2) is 4.79 Å². The first-order valence-electron chi connectivity index (χ1n) is 6.61. The Kier molecular flexibility index (Phi) is 22.7. The Morgan fingerprint density at radius 2 is 1.03 bits per heavy atom. The van der Waals surface area contributed by atoms with E-state index in [2.05, 4.69) is 0 Å². The molecule has 1 aromatic rings. The number of carboxylic acids is 5. The van der Waals surface area contributed by atoms with Crippen LogP contribution < -0.4 is 23.9 Å². The summed E-state index contributed by atoms with van der Waals surface area (Å²) in [5.74, 6) is -6.56. The molecule has 0 atom stereocenters. The van der Waals surface area contributed by atoms with Crippen LogP contribution >= 0.6 is 0 Å². The van der Waals surface area contributed by atoms with Gasteiger partial charge < -0.3 is 45.7 Å². The second-order valence-corrected chi connectivity index (χ2v) is 4.08. The van der Waals surface area contributed by atoms with Gasteiger partial charge in [-0.3, -0.25) is 19.2 Å². The monoisotopic (exact) mass is 414 g/mol. The van der Waals surface area contributed by atoms with Crippen molar-refractivity contribution in [2.24, 2.45) is 0 Å². The summed E-state index contributed by atoms with van der Waals surface area (Å²) >= 11 is 0. The Labute approximate surface area is 174 Å². The Balaban J connectivity index is -0.000000149. The van der Waals surface area contributed by atoms with E-state index in [1.54, 1.807) is 12.1 Å². The largest absolute Gasteiger partial charge is 1.00 e. The van der Waals surface area contributed by atoms with Crippen molar-refractivity contribution >= 4 is 37.2 Å². The molecule has 14 nitrogen and oxygen atoms in total. The number of aromatic hydroxyl groups is 1. The summed E-state index contributed by atoms with van der Waals surface area (Å²) in [7, 11) is -2.42. The molecule has 0 aliphatic rings. The molecule has 29 heavy (non-hydrogen) atoms. The number of aromatic carboxylic acids is 1. The molecule has 0 spiro atoms. The molecule has 0 heterocycles. The van der Waals surface area contributed by atoms with E-state index in [9.17, 15) is 24.0 Å². The minimum absolute atomic E-state index is 0. The van der Waals surface area contributed by atoms with Crippen LogP contribution in [0.25, 0.3) is 0 Å². The molecule has 0 radical (unpaired) electrons. The van der Waals surface area contributed by atoms with Crippen molar-refractivity contribution in [3.8, 4) is 5.75 Å². The molecule has 0 aliphatic carbocycles. The fraction of sp³-hybridized carbons (Fsp3) is 0.154. The van der Waals surface area contributed by atoms with Crippen molar-refractivity contribution in [1.29, 1.82) is 0 Å². The Morgan fingerprint density at radius 1 is 0.759 bits per heavy atom. The van der Waals surface area contributed by atoms with E-state index < -0.39 is 50.0 Å². The number of benzene rings is 1. The van der Waals surface area contributed by atoms with Crippen molar-refractivity contribution < 1.29 is 88.5 Å². The van der Waals surface area contributed by atoms with E-state index in [4.69, 9.17) is 45.7 Å². The topological polar surface area (TPSA) is 270 Å². The van der Waals surface area contributed by atoms with Crippen molar-refractivity contribution in [2.45, 2.75) is 12.8 Å². The molecule has 1 rings (SSSR count). The first-order valence-corrected chi connectivity index (χ1v) is 6.61. The standard InChI is InChI=1S/C7H6O3.2C3H4O4.BH2O3.Li/c8-6-4-2-1-3-5(6)7(9)10;2*4-2(5)1-3(6)7;2-1(3)4;/h1-4,8H,(H,9,10);2*1H2,(H,4,5)(H,6,7);2-3H;/q;;;-1;+1. The molecule has 0 saturated carbocycles. The maximum absolute atomic E-state index is 10.3. The van der Waals surface area contributed by atoms with Gasteiger partial charge in [0.25, 0.3) is 0 Å². The van der Waals surface area contributed by atoms with Crippen LogP contribution in [-0.2, 0) is 19.2 Å². The fourth-order valence-corrected chi connectivity index (χ4v) is 0.913. The Hall–Kier alpha value is -3.09. The summed E-state index contributed by atoms with van der Waals surface area (Å²) < 4.78 is 0. The number of rotatable bonds is 5. The molecule has 8 N–H and O–H groups in total. The number of aliphatic carboxylic acids is 4. The Morgan fingerprint density at radius 3 is 1.17 bits per heavy atom. The van der Waals surface area contributed by atoms with Gasteiger partial charge >= 0.3 is 56.0 Å². The van der Waals surface area contributed by atoms with Gasteiger partial charge in [-0.2, -0.15) is 0 Å². The normalized spacial score (nSPS) is 7.97. The summed E-state index contributed by atoms with van der Waals surface area (Å²) in [6.45, 7) is 0. The number of carboxylic acid groups (broad SMARTS) is 5. The molecule has 0 amide bonds. The Bertz CT molecular complexity index is 610. The van der Waals surface area contributed by atoms with Gasteiger partial charge in [0, 0.05) is 0 Å². The van der Waals surface area contributed by atoms with E-state index in [0.717, 1.165) is 0 Å². The van der Waals surface area contributed by atoms with Crippen LogP contribution in [0.2, 0.25) is 0 Å². The van der Waals surface area contributed by atoms with Crippen molar-refractivity contribution in [3.63, 3.8) is 0 Å². The van der Waals surface area contributed by atoms with E-state index in [-0.39, 0.29) is 30.2 Å². The van der Waals surface area contributed by atoms with Crippen LogP contribution in [0.3, 0.4) is 0 Å². The van der Waals surface area contributed by atoms with E-state index in [1.807, 2.05) is 0 Å². The second-order valence-electron chi connectivity index (χ2n) is 4.08. The molecule has 0 bridgehead atoms. The summed E-state index contributed by atoms with van der Waals surface area (Å²) in [6, 6.07) is 5.81. The molecule has 0 unspecified atom stereocenters. The number of carbonyl (C=O) groups is 5. The zero-order valence-electron chi connectivity index (χ0n) is 14.8. The van der Waals surface area contributed by atoms with Gasteiger partial charge in [0.15, 0.2) is 0 Å². The summed E-state index contributed by atoms with van der Waals surface area (Å²) in [6.07, 6.45) is -1.61. The third-order valence-corrected chi connectivity index (χ3v) is 1.74. The van der Waals surface area contributed by atoms with Crippen molar-refractivity contribution in [2.75, 3.05) is 0 Å². The van der Waals surface area contributed by atoms with Crippen LogP contribution in [-0.4, -0.2) is 77.9 Å². The summed E-state index contributed by atoms with van der Waals surface area (Å²) in [5.41, 5.74) is -0.0671. The molecular formula is C13H16BLiO14. The van der Waals surface area contributed by atoms with Crippen LogP contribution in [0.1, 0.15) is 23.2 Å². The molecule has 0 saturated heterocycles. The third-order valence-electron chi connectivity index (χ3n) is 1.74. The van der Waals surface area contributed by atoms with E-state index in [0.29, 0.717) is 0 Å². The van der Waals surface area contributed by atoms with Crippen molar-refractivity contribution in [3.05, 3.63) is 29.8 Å². The molecule has 156 valence electrons. The van der Waals surface area contributed by atoms with E-state index >= 15 is 0 Å². The average molecular weight is 414 g/mol. The predicted octanol–water partition coefficient (Wildman–Crippen LogP) is -5.50. The van der Waals surface area contributed by atoms with Crippen LogP contribution in [0.5, 0.6) is 5.75 Å². The SMILES string of the molecule is O=C(O)CC(=O)O.O=C(O)CC(=O)O.O=C(O)c1ccccc1O.[Li+].[O-]B(O)O. The van der Waals surface area contributed by atoms with Gasteiger partial charge in [-0.1, -0.05) is 12.1 Å². The molecule has 0 aromatic heterocycles. The average Bonchev–Trinajstić information content (AvgIpc) is 2.45. The van der Waals surface area contributed by atoms with Gasteiger partial charge in [0.05, 0.1) is 0 Å². The maximum Gasteiger partial charge on any atom is 1.00 e. The van der Waals surface area contributed by atoms with E-state index in [1.165, 1.54) is 12.1 Å². The smallest absolute Gasteiger partial charge is 0.832 e. The fourth-order valence-electron chi connectivity index (χ4n) is 0.913. The number of hydrogen-bond donors (Lipinski definition) is 8. The number of para-hydroxylation sites is 1. The summed E-state index contributed by atoms with van der Waals surface area (Å²) in [4.78, 5) is 48.0. The van der Waals surface area contributed by atoms with Gasteiger partial charge in [-0.05, 0) is 12.1 Å². The quantitative estimate of drug-likeness (QED) is 0.165. The van der Waals surface area contributed by atoms with Gasteiger partial charge in [0.1, 0.15) is 24.2 Å². The van der Waals surface area contributed by atoms with Gasteiger partial charge in [-0.15, -0.1) is 0 Å². The van der Waals surface area contributed by atoms with Crippen LogP contribution in [0.4, 0.5) is 0 Å². The molecule has 0 aliphatic heterocycles. The number of phenols is 1. The predicted molar refractivity (Wildman–Crippen MR) is 85.0 cm³/mol. The molecule has 16 heteroatoms. The molecule has 1 aromatic carbocycles. The first-order chi connectivity index (χ1) is 12.7. The molecular weight excluding hydrogens is 398 g/mol. The minimum atomic E-state index is -2.42. The number of hydrogen-bond acceptors (Lipinski definition) is 9. The zero-order valence-corrected chi connectivity index (χ0v) is 14.8. The first kappa shape index (κ1) is 33.5.